The van der Waals surface area contributed by atoms with Crippen molar-refractivity contribution >= 4 is 23.3 Å². The lowest BCUT2D eigenvalue weighted by Crippen LogP contribution is -2.31. The van der Waals surface area contributed by atoms with Crippen molar-refractivity contribution in [2.75, 3.05) is 11.9 Å². The Kier molecular flexibility index (Phi) is 7.32. The zero-order chi connectivity index (χ0) is 20.7. The average Bonchev–Trinajstić information content (AvgIpc) is 2.67. The molecule has 6 heteroatoms. The van der Waals surface area contributed by atoms with E-state index in [2.05, 4.69) is 19.2 Å². The molecule has 0 fully saturated rings. The van der Waals surface area contributed by atoms with Gasteiger partial charge in [0.25, 0.3) is 5.91 Å². The van der Waals surface area contributed by atoms with Crippen LogP contribution >= 0.6 is 0 Å². The number of rotatable bonds is 8. The molecule has 0 bridgehead atoms. The summed E-state index contributed by atoms with van der Waals surface area (Å²) in [6, 6.07) is 14.0. The van der Waals surface area contributed by atoms with E-state index in [0.717, 1.165) is 0 Å². The van der Waals surface area contributed by atoms with Crippen LogP contribution in [0.3, 0.4) is 0 Å². The highest BCUT2D eigenvalue weighted by atomic mass is 16.6. The van der Waals surface area contributed by atoms with E-state index in [0.29, 0.717) is 22.9 Å². The lowest BCUT2D eigenvalue weighted by Gasteiger charge is -2.14. The number of ether oxygens (including phenoxy) is 2. The van der Waals surface area contributed by atoms with E-state index < -0.39 is 18.0 Å². The van der Waals surface area contributed by atoms with Crippen molar-refractivity contribution in [3.63, 3.8) is 0 Å². The van der Waals surface area contributed by atoms with E-state index in [9.17, 15) is 14.4 Å². The highest BCUT2D eigenvalue weighted by Gasteiger charge is 2.18. The predicted molar refractivity (Wildman–Crippen MR) is 107 cm³/mol. The van der Waals surface area contributed by atoms with Gasteiger partial charge in [-0.25, -0.2) is 4.79 Å². The van der Waals surface area contributed by atoms with Crippen molar-refractivity contribution in [3.8, 4) is 5.75 Å². The van der Waals surface area contributed by atoms with E-state index in [4.69, 9.17) is 9.47 Å². The summed E-state index contributed by atoms with van der Waals surface area (Å²) in [5.41, 5.74) is 2.29. The second kappa shape index (κ2) is 9.69. The Morgan fingerprint density at radius 1 is 1.00 bits per heavy atom. The van der Waals surface area contributed by atoms with Gasteiger partial charge in [0.1, 0.15) is 5.75 Å². The van der Waals surface area contributed by atoms with Crippen LogP contribution in [0.2, 0.25) is 0 Å². The largest absolute Gasteiger partial charge is 0.482 e. The molecule has 0 aromatic heterocycles. The number of esters is 1. The summed E-state index contributed by atoms with van der Waals surface area (Å²) in [4.78, 5) is 35.5. The van der Waals surface area contributed by atoms with Gasteiger partial charge in [-0.1, -0.05) is 38.1 Å². The van der Waals surface area contributed by atoms with Crippen LogP contribution in [0.1, 0.15) is 49.5 Å². The zero-order valence-electron chi connectivity index (χ0n) is 16.5. The third-order valence-electron chi connectivity index (χ3n) is 4.12. The molecule has 0 unspecified atom stereocenters. The first-order valence-electron chi connectivity index (χ1n) is 9.10. The molecule has 148 valence electrons. The summed E-state index contributed by atoms with van der Waals surface area (Å²) in [5.74, 6) is -0.414. The molecule has 0 saturated carbocycles. The first-order chi connectivity index (χ1) is 13.3. The summed E-state index contributed by atoms with van der Waals surface area (Å²) in [6.07, 6.45) is -0.968. The minimum atomic E-state index is -0.968. The minimum absolute atomic E-state index is 0.0975. The standard InChI is InChI=1S/C22H25NO5/c1-14(2)17-8-10-19(11-9-17)23-22(26)16(4)28-21(25)13-27-20-7-5-6-18(12-20)15(3)24/h5-12,14,16H,13H2,1-4H3,(H,23,26)/t16-/m0/s1. The van der Waals surface area contributed by atoms with Crippen molar-refractivity contribution in [3.05, 3.63) is 59.7 Å². The number of carbonyl (C=O) groups excluding carboxylic acids is 3. The molecule has 0 aliphatic carbocycles. The number of ketones is 1. The Balaban J connectivity index is 1.83. The maximum absolute atomic E-state index is 12.2. The monoisotopic (exact) mass is 383 g/mol. The second-order valence-corrected chi connectivity index (χ2v) is 6.77. The van der Waals surface area contributed by atoms with Crippen LogP contribution in [0, 0.1) is 0 Å². The number of nitrogens with one attached hydrogen (secondary N) is 1. The normalized spacial score (nSPS) is 11.6. The van der Waals surface area contributed by atoms with Gasteiger partial charge in [0, 0.05) is 11.3 Å². The Labute approximate surface area is 164 Å². The highest BCUT2D eigenvalue weighted by molar-refractivity contribution is 5.95. The average molecular weight is 383 g/mol. The van der Waals surface area contributed by atoms with Crippen molar-refractivity contribution in [1.29, 1.82) is 0 Å². The van der Waals surface area contributed by atoms with Crippen LogP contribution in [-0.2, 0) is 14.3 Å². The van der Waals surface area contributed by atoms with Crippen molar-refractivity contribution in [2.24, 2.45) is 0 Å². The predicted octanol–water partition coefficient (Wildman–Crippen LogP) is 3.96. The molecule has 6 nitrogen and oxygen atoms in total. The molecule has 2 rings (SSSR count). The van der Waals surface area contributed by atoms with Crippen LogP contribution in [0.15, 0.2) is 48.5 Å². The molecule has 0 aliphatic rings. The van der Waals surface area contributed by atoms with Gasteiger partial charge in [-0.05, 0) is 49.6 Å². The fourth-order valence-electron chi connectivity index (χ4n) is 2.43. The Morgan fingerprint density at radius 3 is 2.29 bits per heavy atom. The molecule has 1 atom stereocenters. The SMILES string of the molecule is CC(=O)c1cccc(OCC(=O)O[C@@H](C)C(=O)Nc2ccc(C(C)C)cc2)c1. The van der Waals surface area contributed by atoms with Crippen LogP contribution in [0.5, 0.6) is 5.75 Å². The molecular weight excluding hydrogens is 358 g/mol. The molecular formula is C22H25NO5. The lowest BCUT2D eigenvalue weighted by atomic mass is 10.0. The van der Waals surface area contributed by atoms with E-state index in [1.165, 1.54) is 19.4 Å². The molecule has 28 heavy (non-hydrogen) atoms. The maximum atomic E-state index is 12.2. The van der Waals surface area contributed by atoms with Gasteiger partial charge in [0.15, 0.2) is 18.5 Å². The Hall–Kier alpha value is -3.15. The zero-order valence-corrected chi connectivity index (χ0v) is 16.5. The number of Topliss-reactive ketones (excluding diaryl/α,β-unsaturated/α-hetero) is 1. The van der Waals surface area contributed by atoms with Crippen molar-refractivity contribution < 1.29 is 23.9 Å². The van der Waals surface area contributed by atoms with Crippen LogP contribution in [0.4, 0.5) is 5.69 Å². The van der Waals surface area contributed by atoms with E-state index >= 15 is 0 Å². The van der Waals surface area contributed by atoms with Crippen molar-refractivity contribution in [1.82, 2.24) is 0 Å². The lowest BCUT2D eigenvalue weighted by molar-refractivity contribution is -0.155. The summed E-state index contributed by atoms with van der Waals surface area (Å²) < 4.78 is 10.4. The summed E-state index contributed by atoms with van der Waals surface area (Å²) >= 11 is 0. The van der Waals surface area contributed by atoms with Gasteiger partial charge in [0.05, 0.1) is 0 Å². The van der Waals surface area contributed by atoms with Gasteiger partial charge >= 0.3 is 5.97 Å². The smallest absolute Gasteiger partial charge is 0.344 e. The van der Waals surface area contributed by atoms with Crippen LogP contribution < -0.4 is 10.1 Å². The van der Waals surface area contributed by atoms with E-state index in [-0.39, 0.29) is 12.4 Å². The van der Waals surface area contributed by atoms with Gasteiger partial charge in [0.2, 0.25) is 0 Å². The molecule has 2 aromatic carbocycles. The van der Waals surface area contributed by atoms with Gasteiger partial charge < -0.3 is 14.8 Å². The first-order valence-corrected chi connectivity index (χ1v) is 9.10. The molecule has 0 aliphatic heterocycles. The topological polar surface area (TPSA) is 81.7 Å². The Morgan fingerprint density at radius 2 is 1.68 bits per heavy atom. The summed E-state index contributed by atoms with van der Waals surface area (Å²) in [5, 5.41) is 2.71. The second-order valence-electron chi connectivity index (χ2n) is 6.77. The van der Waals surface area contributed by atoms with Crippen LogP contribution in [0.25, 0.3) is 0 Å². The molecule has 0 heterocycles. The molecule has 1 amide bonds. The number of benzene rings is 2. The third-order valence-corrected chi connectivity index (χ3v) is 4.12. The van der Waals surface area contributed by atoms with Gasteiger partial charge in [-0.3, -0.25) is 9.59 Å². The highest BCUT2D eigenvalue weighted by Crippen LogP contribution is 2.17. The maximum Gasteiger partial charge on any atom is 0.344 e. The molecule has 2 aromatic rings. The van der Waals surface area contributed by atoms with E-state index in [1.54, 1.807) is 24.3 Å². The van der Waals surface area contributed by atoms with E-state index in [1.807, 2.05) is 24.3 Å². The number of hydrogen-bond acceptors (Lipinski definition) is 5. The summed E-state index contributed by atoms with van der Waals surface area (Å²) in [7, 11) is 0. The first kappa shape index (κ1) is 21.2. The third kappa shape index (κ3) is 6.23. The number of anilines is 1. The van der Waals surface area contributed by atoms with Crippen molar-refractivity contribution in [2.45, 2.75) is 39.7 Å². The Bertz CT molecular complexity index is 842. The van der Waals surface area contributed by atoms with Gasteiger partial charge in [-0.2, -0.15) is 0 Å². The molecule has 0 spiro atoms. The molecule has 0 radical (unpaired) electrons. The fraction of sp³-hybridized carbons (Fsp3) is 0.318. The molecule has 1 N–H and O–H groups in total. The van der Waals surface area contributed by atoms with Crippen LogP contribution in [-0.4, -0.2) is 30.4 Å². The molecule has 0 saturated heterocycles. The minimum Gasteiger partial charge on any atom is -0.482 e. The number of amides is 1. The van der Waals surface area contributed by atoms with Gasteiger partial charge in [-0.15, -0.1) is 0 Å². The summed E-state index contributed by atoms with van der Waals surface area (Å²) in [6.45, 7) is 6.76. The quantitative estimate of drug-likeness (QED) is 0.551. The number of hydrogen-bond donors (Lipinski definition) is 1. The fourth-order valence-corrected chi connectivity index (χ4v) is 2.43. The number of carbonyl (C=O) groups is 3.